The van der Waals surface area contributed by atoms with Crippen molar-refractivity contribution < 1.29 is 22.7 Å². The molecule has 0 atom stereocenters. The first-order valence-corrected chi connectivity index (χ1v) is 7.64. The van der Waals surface area contributed by atoms with Gasteiger partial charge >= 0.3 is 6.18 Å². The van der Waals surface area contributed by atoms with E-state index >= 15 is 0 Å². The molecule has 3 N–H and O–H groups in total. The van der Waals surface area contributed by atoms with E-state index in [0.29, 0.717) is 10.6 Å². The number of aryl methyl sites for hydroxylation is 2. The standard InChI is InChI=1S/C15H12F3N3O2S/c1-6-3-9(22)12-10(4-6)23-14(15(16,17)18)11(13(12)21-19)8-5-24-7(2)20-8/h3-5,22H,19H2,1-2H3/b21-13+. The molecule has 0 amide bonds. The minimum Gasteiger partial charge on any atom is -0.507 e. The number of phenolic OH excluding ortho intramolecular Hbond substituents is 1. The van der Waals surface area contributed by atoms with Gasteiger partial charge in [0.05, 0.1) is 21.7 Å². The fraction of sp³-hybridized carbons (Fsp3) is 0.200. The van der Waals surface area contributed by atoms with E-state index in [1.807, 2.05) is 0 Å². The van der Waals surface area contributed by atoms with E-state index in [1.54, 1.807) is 13.8 Å². The van der Waals surface area contributed by atoms with Gasteiger partial charge in [0.15, 0.2) is 0 Å². The van der Waals surface area contributed by atoms with Crippen molar-refractivity contribution in [2.75, 3.05) is 0 Å². The Hall–Kier alpha value is -2.55. The number of thiazole rings is 1. The third-order valence-corrected chi connectivity index (χ3v) is 4.17. The van der Waals surface area contributed by atoms with Crippen molar-refractivity contribution in [1.29, 1.82) is 0 Å². The molecule has 9 heteroatoms. The SMILES string of the molecule is Cc1cc(O)c2/c(=N/N)c(-c3csc(C)n3)c(C(F)(F)F)oc2c1. The number of aromatic hydroxyl groups is 1. The maximum atomic E-state index is 13.5. The van der Waals surface area contributed by atoms with E-state index < -0.39 is 11.9 Å². The van der Waals surface area contributed by atoms with Gasteiger partial charge in [-0.1, -0.05) is 0 Å². The van der Waals surface area contributed by atoms with Crippen molar-refractivity contribution in [3.8, 4) is 17.0 Å². The first-order valence-electron chi connectivity index (χ1n) is 6.76. The largest absolute Gasteiger partial charge is 0.507 e. The van der Waals surface area contributed by atoms with Crippen LogP contribution in [0.4, 0.5) is 13.2 Å². The van der Waals surface area contributed by atoms with E-state index in [9.17, 15) is 18.3 Å². The third kappa shape index (κ3) is 2.60. The van der Waals surface area contributed by atoms with Gasteiger partial charge in [-0.15, -0.1) is 11.3 Å². The average molecular weight is 355 g/mol. The first kappa shape index (κ1) is 16.3. The molecule has 0 fully saturated rings. The van der Waals surface area contributed by atoms with Gasteiger partial charge in [0.1, 0.15) is 16.7 Å². The van der Waals surface area contributed by atoms with Crippen LogP contribution in [0.15, 0.2) is 27.0 Å². The summed E-state index contributed by atoms with van der Waals surface area (Å²) in [6.07, 6.45) is -4.78. The second kappa shape index (κ2) is 5.52. The van der Waals surface area contributed by atoms with Gasteiger partial charge < -0.3 is 15.4 Å². The molecule has 0 unspecified atom stereocenters. The number of fused-ring (bicyclic) bond motifs is 1. The van der Waals surface area contributed by atoms with Crippen LogP contribution in [0.2, 0.25) is 0 Å². The second-order valence-electron chi connectivity index (χ2n) is 5.19. The Kier molecular flexibility index (Phi) is 3.75. The number of aromatic nitrogens is 1. The summed E-state index contributed by atoms with van der Waals surface area (Å²) in [6.45, 7) is 3.29. The van der Waals surface area contributed by atoms with Crippen molar-refractivity contribution in [2.45, 2.75) is 20.0 Å². The van der Waals surface area contributed by atoms with Crippen molar-refractivity contribution in [2.24, 2.45) is 10.9 Å². The molecule has 0 radical (unpaired) electrons. The molecule has 0 spiro atoms. The van der Waals surface area contributed by atoms with Crippen LogP contribution in [0.3, 0.4) is 0 Å². The molecule has 1 aromatic carbocycles. The number of phenols is 1. The number of benzene rings is 1. The Morgan fingerprint density at radius 2 is 2.00 bits per heavy atom. The molecule has 3 aromatic rings. The van der Waals surface area contributed by atoms with Crippen molar-refractivity contribution in [3.05, 3.63) is 39.2 Å². The predicted molar refractivity (Wildman–Crippen MR) is 83.2 cm³/mol. The molecule has 5 nitrogen and oxygen atoms in total. The number of alkyl halides is 3. The number of halogens is 3. The van der Waals surface area contributed by atoms with Gasteiger partial charge in [0.25, 0.3) is 0 Å². The summed E-state index contributed by atoms with van der Waals surface area (Å²) >= 11 is 1.18. The highest BCUT2D eigenvalue weighted by atomic mass is 32.1. The van der Waals surface area contributed by atoms with E-state index in [-0.39, 0.29) is 33.3 Å². The highest BCUT2D eigenvalue weighted by molar-refractivity contribution is 7.09. The number of rotatable bonds is 1. The maximum absolute atomic E-state index is 13.5. The van der Waals surface area contributed by atoms with Crippen LogP contribution in [-0.2, 0) is 6.18 Å². The van der Waals surface area contributed by atoms with Gasteiger partial charge in [-0.2, -0.15) is 18.3 Å². The summed E-state index contributed by atoms with van der Waals surface area (Å²) in [5.74, 6) is 3.84. The minimum atomic E-state index is -4.78. The van der Waals surface area contributed by atoms with Gasteiger partial charge in [0.2, 0.25) is 5.76 Å². The quantitative estimate of drug-likeness (QED) is 0.515. The van der Waals surface area contributed by atoms with E-state index in [0.717, 1.165) is 0 Å². The lowest BCUT2D eigenvalue weighted by molar-refractivity contribution is -0.152. The zero-order chi connectivity index (χ0) is 17.6. The van der Waals surface area contributed by atoms with E-state index in [2.05, 4.69) is 10.1 Å². The van der Waals surface area contributed by atoms with Crippen LogP contribution in [0.1, 0.15) is 16.3 Å². The smallest absolute Gasteiger partial charge is 0.450 e. The molecule has 0 saturated heterocycles. The molecule has 0 saturated carbocycles. The second-order valence-corrected chi connectivity index (χ2v) is 6.25. The number of hydrogen-bond acceptors (Lipinski definition) is 6. The molecule has 0 aliphatic carbocycles. The lowest BCUT2D eigenvalue weighted by Gasteiger charge is -2.13. The van der Waals surface area contributed by atoms with Gasteiger partial charge in [0, 0.05) is 5.38 Å². The Morgan fingerprint density at radius 1 is 1.29 bits per heavy atom. The molecule has 0 aliphatic heterocycles. The fourth-order valence-electron chi connectivity index (χ4n) is 2.49. The summed E-state index contributed by atoms with van der Waals surface area (Å²) in [7, 11) is 0. The topological polar surface area (TPSA) is 84.6 Å². The number of hydrogen-bond donors (Lipinski definition) is 2. The predicted octanol–water partition coefficient (Wildman–Crippen LogP) is 3.67. The highest BCUT2D eigenvalue weighted by Crippen LogP contribution is 2.39. The van der Waals surface area contributed by atoms with Crippen LogP contribution in [0, 0.1) is 13.8 Å². The molecular weight excluding hydrogens is 343 g/mol. The molecular formula is C15H12F3N3O2S. The summed E-state index contributed by atoms with van der Waals surface area (Å²) < 4.78 is 45.7. The van der Waals surface area contributed by atoms with Crippen LogP contribution < -0.4 is 11.2 Å². The van der Waals surface area contributed by atoms with Gasteiger partial charge in [-0.05, 0) is 31.5 Å². The Labute approximate surface area is 137 Å². The minimum absolute atomic E-state index is 0.0109. The maximum Gasteiger partial charge on any atom is 0.450 e. The highest BCUT2D eigenvalue weighted by Gasteiger charge is 2.39. The molecule has 0 bridgehead atoms. The van der Waals surface area contributed by atoms with Crippen molar-refractivity contribution in [3.63, 3.8) is 0 Å². The van der Waals surface area contributed by atoms with Gasteiger partial charge in [-0.3, -0.25) is 0 Å². The Bertz CT molecular complexity index is 1010. The van der Waals surface area contributed by atoms with Crippen molar-refractivity contribution in [1.82, 2.24) is 4.98 Å². The van der Waals surface area contributed by atoms with Crippen LogP contribution >= 0.6 is 11.3 Å². The third-order valence-electron chi connectivity index (χ3n) is 3.40. The molecule has 3 rings (SSSR count). The average Bonchev–Trinajstić information content (AvgIpc) is 2.90. The van der Waals surface area contributed by atoms with E-state index in [1.165, 1.54) is 28.8 Å². The summed E-state index contributed by atoms with van der Waals surface area (Å²) in [4.78, 5) is 4.08. The zero-order valence-corrected chi connectivity index (χ0v) is 13.4. The Balaban J connectivity index is 2.57. The van der Waals surface area contributed by atoms with Crippen LogP contribution in [0.5, 0.6) is 5.75 Å². The molecule has 0 aliphatic rings. The fourth-order valence-corrected chi connectivity index (χ4v) is 3.10. The van der Waals surface area contributed by atoms with E-state index in [4.69, 9.17) is 10.3 Å². The molecule has 24 heavy (non-hydrogen) atoms. The van der Waals surface area contributed by atoms with Gasteiger partial charge in [-0.25, -0.2) is 4.98 Å². The number of nitrogens with zero attached hydrogens (tertiary/aromatic N) is 2. The molecule has 2 heterocycles. The Morgan fingerprint density at radius 3 is 2.54 bits per heavy atom. The number of nitrogens with two attached hydrogens (primary N) is 1. The zero-order valence-electron chi connectivity index (χ0n) is 12.6. The normalized spacial score (nSPS) is 13.0. The lowest BCUT2D eigenvalue weighted by atomic mass is 10.0. The molecule has 126 valence electrons. The monoisotopic (exact) mass is 355 g/mol. The van der Waals surface area contributed by atoms with Crippen LogP contribution in [-0.4, -0.2) is 10.1 Å². The molecule has 2 aromatic heterocycles. The lowest BCUT2D eigenvalue weighted by Crippen LogP contribution is -2.19. The summed E-state index contributed by atoms with van der Waals surface area (Å²) in [5, 5.41) is 15.5. The van der Waals surface area contributed by atoms with Crippen LogP contribution in [0.25, 0.3) is 22.2 Å². The first-order chi connectivity index (χ1) is 11.2. The summed E-state index contributed by atoms with van der Waals surface area (Å²) in [6, 6.07) is 2.78. The summed E-state index contributed by atoms with van der Waals surface area (Å²) in [5.41, 5.74) is 0.0393. The van der Waals surface area contributed by atoms with Crippen molar-refractivity contribution >= 4 is 22.3 Å².